The highest BCUT2D eigenvalue weighted by Crippen LogP contribution is 2.14. The number of nitrogens with two attached hydrogens (primary N) is 1. The summed E-state index contributed by atoms with van der Waals surface area (Å²) in [5.74, 6) is 0.617. The van der Waals surface area contributed by atoms with E-state index in [9.17, 15) is 4.79 Å². The first-order valence-electron chi connectivity index (χ1n) is 6.79. The Kier molecular flexibility index (Phi) is 4.71. The fourth-order valence-electron chi connectivity index (χ4n) is 1.81. The van der Waals surface area contributed by atoms with Gasteiger partial charge in [0.05, 0.1) is 18.5 Å². The second kappa shape index (κ2) is 6.69. The minimum absolute atomic E-state index is 0.246. The molecule has 2 rings (SSSR count). The standard InChI is InChI=1S/C15H18N4O2/c1-3-11-7-10(8-13(16)18-11)15(20)19-12-5-6-14(17-9-12)21-4-2/h5-9H,3-4H2,1-2H3,(H2,16,18)(H,19,20). The van der Waals surface area contributed by atoms with E-state index in [0.717, 1.165) is 12.1 Å². The molecule has 0 radical (unpaired) electrons. The van der Waals surface area contributed by atoms with E-state index in [-0.39, 0.29) is 5.91 Å². The van der Waals surface area contributed by atoms with Crippen molar-refractivity contribution in [2.45, 2.75) is 20.3 Å². The van der Waals surface area contributed by atoms with Gasteiger partial charge in [-0.2, -0.15) is 0 Å². The van der Waals surface area contributed by atoms with Crippen molar-refractivity contribution in [1.29, 1.82) is 0 Å². The van der Waals surface area contributed by atoms with Crippen LogP contribution in [-0.4, -0.2) is 22.5 Å². The lowest BCUT2D eigenvalue weighted by molar-refractivity contribution is 0.102. The average molecular weight is 286 g/mol. The van der Waals surface area contributed by atoms with Crippen LogP contribution in [0.15, 0.2) is 30.5 Å². The van der Waals surface area contributed by atoms with Crippen LogP contribution >= 0.6 is 0 Å². The minimum atomic E-state index is -0.246. The molecule has 0 atom stereocenters. The Hall–Kier alpha value is -2.63. The molecule has 2 aromatic heterocycles. The van der Waals surface area contributed by atoms with Gasteiger partial charge in [0.15, 0.2) is 0 Å². The minimum Gasteiger partial charge on any atom is -0.478 e. The number of amides is 1. The topological polar surface area (TPSA) is 90.1 Å². The lowest BCUT2D eigenvalue weighted by Crippen LogP contribution is -2.13. The fraction of sp³-hybridized carbons (Fsp3) is 0.267. The molecule has 110 valence electrons. The van der Waals surface area contributed by atoms with Gasteiger partial charge in [0.25, 0.3) is 5.91 Å². The number of hydrogen-bond donors (Lipinski definition) is 2. The first-order chi connectivity index (χ1) is 10.1. The number of nitrogens with one attached hydrogen (secondary N) is 1. The summed E-state index contributed by atoms with van der Waals surface area (Å²) in [5, 5.41) is 2.77. The summed E-state index contributed by atoms with van der Waals surface area (Å²) in [7, 11) is 0. The van der Waals surface area contributed by atoms with E-state index in [2.05, 4.69) is 15.3 Å². The number of aryl methyl sites for hydroxylation is 1. The zero-order valence-electron chi connectivity index (χ0n) is 12.1. The van der Waals surface area contributed by atoms with Gasteiger partial charge in [0, 0.05) is 17.3 Å². The maximum atomic E-state index is 12.2. The fourth-order valence-corrected chi connectivity index (χ4v) is 1.81. The molecule has 3 N–H and O–H groups in total. The van der Waals surface area contributed by atoms with Crippen molar-refractivity contribution in [2.24, 2.45) is 0 Å². The molecule has 21 heavy (non-hydrogen) atoms. The maximum absolute atomic E-state index is 12.2. The number of pyridine rings is 2. The summed E-state index contributed by atoms with van der Waals surface area (Å²) in [4.78, 5) is 20.4. The van der Waals surface area contributed by atoms with Crippen molar-refractivity contribution in [1.82, 2.24) is 9.97 Å². The summed E-state index contributed by atoms with van der Waals surface area (Å²) in [6.45, 7) is 4.39. The van der Waals surface area contributed by atoms with Crippen molar-refractivity contribution in [3.63, 3.8) is 0 Å². The normalized spacial score (nSPS) is 10.2. The molecule has 0 aliphatic rings. The third kappa shape index (κ3) is 3.92. The van der Waals surface area contributed by atoms with E-state index in [1.54, 1.807) is 30.5 Å². The van der Waals surface area contributed by atoms with Gasteiger partial charge < -0.3 is 15.8 Å². The molecule has 2 heterocycles. The first-order valence-corrected chi connectivity index (χ1v) is 6.79. The molecule has 1 amide bonds. The highest BCUT2D eigenvalue weighted by atomic mass is 16.5. The van der Waals surface area contributed by atoms with Crippen molar-refractivity contribution >= 4 is 17.4 Å². The summed E-state index contributed by atoms with van der Waals surface area (Å²) < 4.78 is 5.25. The number of carbonyl (C=O) groups excluding carboxylic acids is 1. The number of hydrogen-bond acceptors (Lipinski definition) is 5. The van der Waals surface area contributed by atoms with Crippen molar-refractivity contribution in [2.75, 3.05) is 17.7 Å². The highest BCUT2D eigenvalue weighted by molar-refractivity contribution is 6.04. The SMILES string of the molecule is CCOc1ccc(NC(=O)c2cc(N)nc(CC)c2)cn1. The molecule has 6 nitrogen and oxygen atoms in total. The number of aromatic nitrogens is 2. The molecule has 0 fully saturated rings. The monoisotopic (exact) mass is 286 g/mol. The number of carbonyl (C=O) groups is 1. The number of rotatable bonds is 5. The summed E-state index contributed by atoms with van der Waals surface area (Å²) in [6.07, 6.45) is 2.27. The number of ether oxygens (including phenoxy) is 1. The molecule has 0 aliphatic carbocycles. The van der Waals surface area contributed by atoms with Gasteiger partial charge in [-0.3, -0.25) is 4.79 Å². The number of anilines is 2. The van der Waals surface area contributed by atoms with Gasteiger partial charge in [-0.05, 0) is 31.5 Å². The third-order valence-electron chi connectivity index (χ3n) is 2.81. The molecule has 0 saturated carbocycles. The van der Waals surface area contributed by atoms with E-state index in [1.165, 1.54) is 0 Å². The van der Waals surface area contributed by atoms with Gasteiger partial charge in [-0.15, -0.1) is 0 Å². The van der Waals surface area contributed by atoms with Gasteiger partial charge in [-0.25, -0.2) is 9.97 Å². The maximum Gasteiger partial charge on any atom is 0.255 e. The molecule has 0 aromatic carbocycles. The van der Waals surface area contributed by atoms with Crippen molar-refractivity contribution < 1.29 is 9.53 Å². The Morgan fingerprint density at radius 3 is 2.76 bits per heavy atom. The van der Waals surface area contributed by atoms with Crippen molar-refractivity contribution in [3.8, 4) is 5.88 Å². The zero-order valence-corrected chi connectivity index (χ0v) is 12.1. The van der Waals surface area contributed by atoms with Gasteiger partial charge in [0.1, 0.15) is 5.82 Å². The quantitative estimate of drug-likeness (QED) is 0.880. The molecule has 0 unspecified atom stereocenters. The molecule has 0 bridgehead atoms. The van der Waals surface area contributed by atoms with Crippen LogP contribution in [0.5, 0.6) is 5.88 Å². The highest BCUT2D eigenvalue weighted by Gasteiger charge is 2.09. The Morgan fingerprint density at radius 2 is 2.14 bits per heavy atom. The predicted octanol–water partition coefficient (Wildman–Crippen LogP) is 2.27. The second-order valence-corrected chi connectivity index (χ2v) is 4.40. The van der Waals surface area contributed by atoms with E-state index >= 15 is 0 Å². The molecular formula is C15H18N4O2. The average Bonchev–Trinajstić information content (AvgIpc) is 2.48. The Balaban J connectivity index is 2.12. The summed E-state index contributed by atoms with van der Waals surface area (Å²) >= 11 is 0. The van der Waals surface area contributed by atoms with Gasteiger partial charge >= 0.3 is 0 Å². The molecule has 0 aliphatic heterocycles. The Labute approximate surface area is 123 Å². The molecule has 6 heteroatoms. The Bertz CT molecular complexity index is 626. The van der Waals surface area contributed by atoms with Gasteiger partial charge in [0.2, 0.25) is 5.88 Å². The van der Waals surface area contributed by atoms with Crippen LogP contribution in [0.1, 0.15) is 29.9 Å². The lowest BCUT2D eigenvalue weighted by atomic mass is 10.2. The number of nitrogens with zero attached hydrogens (tertiary/aromatic N) is 2. The third-order valence-corrected chi connectivity index (χ3v) is 2.81. The van der Waals surface area contributed by atoms with Crippen LogP contribution in [-0.2, 0) is 6.42 Å². The predicted molar refractivity (Wildman–Crippen MR) is 81.4 cm³/mol. The van der Waals surface area contributed by atoms with Crippen LogP contribution in [0.2, 0.25) is 0 Å². The molecule has 2 aromatic rings. The first kappa shape index (κ1) is 14.8. The zero-order chi connectivity index (χ0) is 15.2. The summed E-state index contributed by atoms with van der Waals surface area (Å²) in [5.41, 5.74) is 7.56. The smallest absolute Gasteiger partial charge is 0.255 e. The molecule has 0 spiro atoms. The van der Waals surface area contributed by atoms with E-state index in [4.69, 9.17) is 10.5 Å². The van der Waals surface area contributed by atoms with E-state index < -0.39 is 0 Å². The van der Waals surface area contributed by atoms with E-state index in [1.807, 2.05) is 13.8 Å². The van der Waals surface area contributed by atoms with Crippen LogP contribution < -0.4 is 15.8 Å². The lowest BCUT2D eigenvalue weighted by Gasteiger charge is -2.08. The Morgan fingerprint density at radius 1 is 1.33 bits per heavy atom. The largest absolute Gasteiger partial charge is 0.478 e. The summed E-state index contributed by atoms with van der Waals surface area (Å²) in [6, 6.07) is 6.73. The second-order valence-electron chi connectivity index (χ2n) is 4.40. The van der Waals surface area contributed by atoms with Crippen LogP contribution in [0, 0.1) is 0 Å². The number of nitrogen functional groups attached to an aromatic ring is 1. The van der Waals surface area contributed by atoms with Crippen LogP contribution in [0.25, 0.3) is 0 Å². The van der Waals surface area contributed by atoms with Crippen LogP contribution in [0.3, 0.4) is 0 Å². The molecular weight excluding hydrogens is 268 g/mol. The van der Waals surface area contributed by atoms with Crippen LogP contribution in [0.4, 0.5) is 11.5 Å². The van der Waals surface area contributed by atoms with Gasteiger partial charge in [-0.1, -0.05) is 6.92 Å². The van der Waals surface area contributed by atoms with E-state index in [0.29, 0.717) is 29.6 Å². The van der Waals surface area contributed by atoms with Crippen molar-refractivity contribution in [3.05, 3.63) is 41.7 Å². The molecule has 0 saturated heterocycles.